The predicted molar refractivity (Wildman–Crippen MR) is 130 cm³/mol. The van der Waals surface area contributed by atoms with E-state index in [9.17, 15) is 9.59 Å². The maximum Gasteiger partial charge on any atom is 0.227 e. The molecule has 2 aromatic rings. The SMILES string of the molecule is CC(=O)NC1(c2noc(CCC(=O)Nc3ccc(C)cc3OCC3CCCO3)n2)CCCCCC1. The van der Waals surface area contributed by atoms with E-state index in [1.165, 1.54) is 6.92 Å². The van der Waals surface area contributed by atoms with Gasteiger partial charge in [0, 0.05) is 26.4 Å². The number of aromatic nitrogens is 2. The average Bonchev–Trinajstić information content (AvgIpc) is 3.47. The van der Waals surface area contributed by atoms with Crippen molar-refractivity contribution in [1.82, 2.24) is 15.5 Å². The molecule has 1 saturated heterocycles. The summed E-state index contributed by atoms with van der Waals surface area (Å²) in [4.78, 5) is 29.2. The van der Waals surface area contributed by atoms with Gasteiger partial charge in [-0.05, 0) is 50.3 Å². The van der Waals surface area contributed by atoms with E-state index < -0.39 is 5.54 Å². The van der Waals surface area contributed by atoms with Gasteiger partial charge in [-0.3, -0.25) is 9.59 Å². The van der Waals surface area contributed by atoms with Crippen molar-refractivity contribution in [3.63, 3.8) is 0 Å². The van der Waals surface area contributed by atoms with Gasteiger partial charge < -0.3 is 24.6 Å². The van der Waals surface area contributed by atoms with Crippen molar-refractivity contribution in [1.29, 1.82) is 0 Å². The first-order valence-electron chi connectivity index (χ1n) is 12.7. The quantitative estimate of drug-likeness (QED) is 0.513. The molecule has 1 aromatic heterocycles. The van der Waals surface area contributed by atoms with Crippen LogP contribution in [0.2, 0.25) is 0 Å². The van der Waals surface area contributed by atoms with Crippen molar-refractivity contribution in [2.45, 2.75) is 89.7 Å². The number of nitrogens with one attached hydrogen (secondary N) is 2. The number of carbonyl (C=O) groups excluding carboxylic acids is 2. The monoisotopic (exact) mass is 484 g/mol. The summed E-state index contributed by atoms with van der Waals surface area (Å²) < 4.78 is 17.1. The number of ether oxygens (including phenoxy) is 2. The van der Waals surface area contributed by atoms with Gasteiger partial charge in [0.2, 0.25) is 17.7 Å². The van der Waals surface area contributed by atoms with Crippen LogP contribution in [-0.2, 0) is 26.3 Å². The van der Waals surface area contributed by atoms with Gasteiger partial charge in [-0.2, -0.15) is 4.98 Å². The molecule has 0 spiro atoms. The zero-order valence-electron chi connectivity index (χ0n) is 20.7. The van der Waals surface area contributed by atoms with E-state index in [0.29, 0.717) is 36.2 Å². The van der Waals surface area contributed by atoms with E-state index in [-0.39, 0.29) is 24.3 Å². The van der Waals surface area contributed by atoms with E-state index in [1.807, 2.05) is 25.1 Å². The molecule has 1 aromatic carbocycles. The highest BCUT2D eigenvalue weighted by atomic mass is 16.5. The second-order valence-electron chi connectivity index (χ2n) is 9.68. The molecule has 1 atom stereocenters. The van der Waals surface area contributed by atoms with Gasteiger partial charge in [0.1, 0.15) is 17.9 Å². The van der Waals surface area contributed by atoms with Crippen LogP contribution in [0.5, 0.6) is 5.75 Å². The molecule has 1 saturated carbocycles. The zero-order chi connectivity index (χ0) is 24.7. The highest BCUT2D eigenvalue weighted by Crippen LogP contribution is 2.34. The largest absolute Gasteiger partial charge is 0.489 e. The fraction of sp³-hybridized carbons (Fsp3) is 0.615. The minimum atomic E-state index is -0.594. The molecule has 35 heavy (non-hydrogen) atoms. The molecule has 0 radical (unpaired) electrons. The molecule has 2 aliphatic rings. The summed E-state index contributed by atoms with van der Waals surface area (Å²) in [5.41, 5.74) is 1.09. The maximum absolute atomic E-state index is 12.7. The summed E-state index contributed by atoms with van der Waals surface area (Å²) in [6.45, 7) is 4.74. The van der Waals surface area contributed by atoms with Crippen LogP contribution < -0.4 is 15.4 Å². The lowest BCUT2D eigenvalue weighted by Gasteiger charge is -2.30. The molecule has 1 aliphatic carbocycles. The van der Waals surface area contributed by atoms with E-state index in [4.69, 9.17) is 14.0 Å². The number of amides is 2. The van der Waals surface area contributed by atoms with Crippen molar-refractivity contribution in [3.8, 4) is 5.75 Å². The molecule has 4 rings (SSSR count). The maximum atomic E-state index is 12.7. The van der Waals surface area contributed by atoms with Crippen LogP contribution in [0.15, 0.2) is 22.7 Å². The van der Waals surface area contributed by atoms with Crippen molar-refractivity contribution >= 4 is 17.5 Å². The number of carbonyl (C=O) groups is 2. The Balaban J connectivity index is 1.36. The third kappa shape index (κ3) is 6.81. The lowest BCUT2D eigenvalue weighted by atomic mass is 9.89. The van der Waals surface area contributed by atoms with Crippen LogP contribution in [0.4, 0.5) is 5.69 Å². The Morgan fingerprint density at radius 3 is 2.69 bits per heavy atom. The van der Waals surface area contributed by atoms with Crippen molar-refractivity contribution in [2.75, 3.05) is 18.5 Å². The average molecular weight is 485 g/mol. The fourth-order valence-corrected chi connectivity index (χ4v) is 4.87. The van der Waals surface area contributed by atoms with Gasteiger partial charge in [-0.25, -0.2) is 0 Å². The van der Waals surface area contributed by atoms with Crippen LogP contribution >= 0.6 is 0 Å². The van der Waals surface area contributed by atoms with Crippen molar-refractivity contribution < 1.29 is 23.6 Å². The number of aryl methyl sites for hydroxylation is 2. The predicted octanol–water partition coefficient (Wildman–Crippen LogP) is 4.19. The van der Waals surface area contributed by atoms with Gasteiger partial charge >= 0.3 is 0 Å². The number of hydrogen-bond donors (Lipinski definition) is 2. The minimum Gasteiger partial charge on any atom is -0.489 e. The summed E-state index contributed by atoms with van der Waals surface area (Å²) in [7, 11) is 0. The zero-order valence-corrected chi connectivity index (χ0v) is 20.7. The first kappa shape index (κ1) is 25.2. The molecular formula is C26H36N4O5. The molecule has 1 aliphatic heterocycles. The van der Waals surface area contributed by atoms with Crippen molar-refractivity contribution in [3.05, 3.63) is 35.5 Å². The molecule has 9 heteroatoms. The standard InChI is InChI=1S/C26H36N4O5/c1-18-9-10-21(22(16-18)34-17-20-8-7-15-33-20)27-23(32)11-12-24-28-25(30-35-24)26(29-19(2)31)13-5-3-4-6-14-26/h9-10,16,20H,3-8,11-15,17H2,1-2H3,(H,27,32)(H,29,31). The van der Waals surface area contributed by atoms with Crippen LogP contribution in [0.25, 0.3) is 0 Å². The molecule has 2 heterocycles. The third-order valence-corrected chi connectivity index (χ3v) is 6.69. The fourth-order valence-electron chi connectivity index (χ4n) is 4.87. The highest BCUT2D eigenvalue weighted by Gasteiger charge is 2.38. The van der Waals surface area contributed by atoms with Crippen molar-refractivity contribution in [2.24, 2.45) is 0 Å². The van der Waals surface area contributed by atoms with Crippen LogP contribution in [0, 0.1) is 6.92 Å². The first-order valence-corrected chi connectivity index (χ1v) is 12.7. The van der Waals surface area contributed by atoms with Gasteiger partial charge in [-0.15, -0.1) is 0 Å². The number of hydrogen-bond acceptors (Lipinski definition) is 7. The Bertz CT molecular complexity index is 1010. The number of nitrogens with zero attached hydrogens (tertiary/aromatic N) is 2. The summed E-state index contributed by atoms with van der Waals surface area (Å²) in [6.07, 6.45) is 8.47. The minimum absolute atomic E-state index is 0.0973. The summed E-state index contributed by atoms with van der Waals surface area (Å²) in [5.74, 6) is 1.27. The molecule has 2 fully saturated rings. The molecule has 9 nitrogen and oxygen atoms in total. The normalized spacial score (nSPS) is 19.7. The summed E-state index contributed by atoms with van der Waals surface area (Å²) in [5, 5.41) is 10.2. The Kier molecular flexibility index (Phi) is 8.38. The lowest BCUT2D eigenvalue weighted by Crippen LogP contribution is -2.45. The topological polar surface area (TPSA) is 116 Å². The van der Waals surface area contributed by atoms with Gasteiger partial charge in [0.05, 0.1) is 11.8 Å². The van der Waals surface area contributed by atoms with E-state index in [1.54, 1.807) is 0 Å². The second-order valence-corrected chi connectivity index (χ2v) is 9.68. The molecular weight excluding hydrogens is 448 g/mol. The Morgan fingerprint density at radius 2 is 1.97 bits per heavy atom. The van der Waals surface area contributed by atoms with E-state index in [2.05, 4.69) is 20.8 Å². The molecule has 2 N–H and O–H groups in total. The Labute approximate surface area is 206 Å². The van der Waals surface area contributed by atoms with Gasteiger partial charge in [0.15, 0.2) is 5.82 Å². The smallest absolute Gasteiger partial charge is 0.227 e. The highest BCUT2D eigenvalue weighted by molar-refractivity contribution is 5.92. The summed E-state index contributed by atoms with van der Waals surface area (Å²) >= 11 is 0. The van der Waals surface area contributed by atoms with Crippen LogP contribution in [0.1, 0.15) is 82.0 Å². The first-order chi connectivity index (χ1) is 16.9. The number of anilines is 1. The summed E-state index contributed by atoms with van der Waals surface area (Å²) in [6, 6.07) is 5.71. The lowest BCUT2D eigenvalue weighted by molar-refractivity contribution is -0.121. The van der Waals surface area contributed by atoms with Gasteiger partial charge in [-0.1, -0.05) is 36.9 Å². The third-order valence-electron chi connectivity index (χ3n) is 6.69. The van der Waals surface area contributed by atoms with Crippen LogP contribution in [-0.4, -0.2) is 41.3 Å². The number of rotatable bonds is 9. The Hall–Kier alpha value is -2.94. The number of benzene rings is 1. The van der Waals surface area contributed by atoms with E-state index in [0.717, 1.165) is 63.5 Å². The van der Waals surface area contributed by atoms with Gasteiger partial charge in [0.25, 0.3) is 0 Å². The van der Waals surface area contributed by atoms with E-state index >= 15 is 0 Å². The Morgan fingerprint density at radius 1 is 1.17 bits per heavy atom. The molecule has 0 bridgehead atoms. The molecule has 1 unspecified atom stereocenters. The second kappa shape index (κ2) is 11.7. The molecule has 2 amide bonds. The molecule has 190 valence electrons. The van der Waals surface area contributed by atoms with Crippen LogP contribution in [0.3, 0.4) is 0 Å².